The predicted molar refractivity (Wildman–Crippen MR) is 44.0 cm³/mol. The maximum absolute atomic E-state index is 10.4. The SMILES string of the molecule is CC(CCCN)NS(N)(=O)=O. The van der Waals surface area contributed by atoms with Gasteiger partial charge in [0.25, 0.3) is 10.2 Å². The van der Waals surface area contributed by atoms with Crippen LogP contribution < -0.4 is 15.6 Å². The normalized spacial score (nSPS) is 14.8. The molecule has 1 unspecified atom stereocenters. The number of nitrogens with one attached hydrogen (secondary N) is 1. The molecule has 6 heteroatoms. The molecule has 0 aliphatic rings. The summed E-state index contributed by atoms with van der Waals surface area (Å²) in [4.78, 5) is 0. The average Bonchev–Trinajstić information content (AvgIpc) is 1.79. The Hall–Kier alpha value is -0.170. The maximum atomic E-state index is 10.4. The van der Waals surface area contributed by atoms with Crippen molar-refractivity contribution < 1.29 is 8.42 Å². The lowest BCUT2D eigenvalue weighted by Gasteiger charge is -2.09. The zero-order valence-corrected chi connectivity index (χ0v) is 7.39. The van der Waals surface area contributed by atoms with E-state index in [4.69, 9.17) is 10.9 Å². The van der Waals surface area contributed by atoms with Crippen LogP contribution in [-0.2, 0) is 10.2 Å². The summed E-state index contributed by atoms with van der Waals surface area (Å²) < 4.78 is 23.1. The summed E-state index contributed by atoms with van der Waals surface area (Å²) in [6.45, 7) is 2.32. The van der Waals surface area contributed by atoms with E-state index in [1.807, 2.05) is 0 Å². The average molecular weight is 181 g/mol. The third kappa shape index (κ3) is 7.73. The summed E-state index contributed by atoms with van der Waals surface area (Å²) in [5.41, 5.74) is 5.23. The minimum Gasteiger partial charge on any atom is -0.330 e. The first kappa shape index (κ1) is 10.8. The monoisotopic (exact) mass is 181 g/mol. The van der Waals surface area contributed by atoms with Gasteiger partial charge in [-0.3, -0.25) is 0 Å². The fraction of sp³-hybridized carbons (Fsp3) is 1.00. The molecule has 11 heavy (non-hydrogen) atoms. The minimum atomic E-state index is -3.54. The van der Waals surface area contributed by atoms with Gasteiger partial charge < -0.3 is 5.73 Å². The molecule has 1 atom stereocenters. The van der Waals surface area contributed by atoms with Gasteiger partial charge >= 0.3 is 0 Å². The Bertz CT molecular complexity index is 190. The van der Waals surface area contributed by atoms with Gasteiger partial charge in [0.2, 0.25) is 0 Å². The third-order valence-corrected chi connectivity index (χ3v) is 1.94. The van der Waals surface area contributed by atoms with E-state index in [0.29, 0.717) is 13.0 Å². The lowest BCUT2D eigenvalue weighted by atomic mass is 10.2. The van der Waals surface area contributed by atoms with E-state index < -0.39 is 10.2 Å². The van der Waals surface area contributed by atoms with E-state index in [-0.39, 0.29) is 6.04 Å². The Balaban J connectivity index is 3.61. The molecule has 0 aliphatic heterocycles. The molecular formula is C5H15N3O2S. The van der Waals surface area contributed by atoms with Gasteiger partial charge in [0, 0.05) is 6.04 Å². The highest BCUT2D eigenvalue weighted by molar-refractivity contribution is 7.87. The van der Waals surface area contributed by atoms with Crippen LogP contribution in [0.15, 0.2) is 0 Å². The van der Waals surface area contributed by atoms with Crippen LogP contribution in [0.3, 0.4) is 0 Å². The summed E-state index contributed by atoms with van der Waals surface area (Å²) in [5.74, 6) is 0. The molecule has 0 spiro atoms. The lowest BCUT2D eigenvalue weighted by molar-refractivity contribution is 0.540. The first-order valence-corrected chi connectivity index (χ1v) is 5.00. The first-order valence-electron chi connectivity index (χ1n) is 3.46. The summed E-state index contributed by atoms with van der Waals surface area (Å²) in [7, 11) is -3.54. The number of nitrogens with two attached hydrogens (primary N) is 2. The van der Waals surface area contributed by atoms with Crippen molar-refractivity contribution in [3.63, 3.8) is 0 Å². The molecule has 5 nitrogen and oxygen atoms in total. The Morgan fingerprint density at radius 3 is 2.45 bits per heavy atom. The molecule has 0 aromatic rings. The van der Waals surface area contributed by atoms with Crippen LogP contribution in [0.5, 0.6) is 0 Å². The van der Waals surface area contributed by atoms with Gasteiger partial charge in [-0.25, -0.2) is 5.14 Å². The summed E-state index contributed by atoms with van der Waals surface area (Å²) >= 11 is 0. The lowest BCUT2D eigenvalue weighted by Crippen LogP contribution is -2.37. The molecular weight excluding hydrogens is 166 g/mol. The van der Waals surface area contributed by atoms with E-state index in [9.17, 15) is 8.42 Å². The number of hydrogen-bond acceptors (Lipinski definition) is 3. The highest BCUT2D eigenvalue weighted by Crippen LogP contribution is 1.94. The molecule has 68 valence electrons. The van der Waals surface area contributed by atoms with E-state index in [1.165, 1.54) is 0 Å². The van der Waals surface area contributed by atoms with Crippen molar-refractivity contribution in [1.82, 2.24) is 4.72 Å². The molecule has 0 aromatic heterocycles. The highest BCUT2D eigenvalue weighted by atomic mass is 32.2. The molecule has 0 rings (SSSR count). The van der Waals surface area contributed by atoms with Gasteiger partial charge in [0.15, 0.2) is 0 Å². The minimum absolute atomic E-state index is 0.131. The zero-order chi connectivity index (χ0) is 8.91. The second-order valence-electron chi connectivity index (χ2n) is 2.49. The van der Waals surface area contributed by atoms with Gasteiger partial charge in [-0.05, 0) is 26.3 Å². The largest absolute Gasteiger partial charge is 0.330 e. The van der Waals surface area contributed by atoms with Gasteiger partial charge in [-0.1, -0.05) is 0 Å². The van der Waals surface area contributed by atoms with Crippen LogP contribution in [0, 0.1) is 0 Å². The van der Waals surface area contributed by atoms with Gasteiger partial charge in [-0.2, -0.15) is 13.1 Å². The molecule has 0 fully saturated rings. The van der Waals surface area contributed by atoms with E-state index in [1.54, 1.807) is 6.92 Å². The first-order chi connectivity index (χ1) is 4.95. The van der Waals surface area contributed by atoms with E-state index in [2.05, 4.69) is 4.72 Å². The fourth-order valence-corrected chi connectivity index (χ4v) is 1.44. The van der Waals surface area contributed by atoms with Crippen molar-refractivity contribution in [2.75, 3.05) is 6.54 Å². The molecule has 0 bridgehead atoms. The van der Waals surface area contributed by atoms with Crippen molar-refractivity contribution >= 4 is 10.2 Å². The van der Waals surface area contributed by atoms with Crippen LogP contribution in [0.25, 0.3) is 0 Å². The Morgan fingerprint density at radius 2 is 2.09 bits per heavy atom. The molecule has 0 radical (unpaired) electrons. The summed E-state index contributed by atoms with van der Waals surface area (Å²) in [6, 6.07) is -0.131. The summed E-state index contributed by atoms with van der Waals surface area (Å²) in [5, 5.41) is 4.74. The second-order valence-corrected chi connectivity index (χ2v) is 3.82. The molecule has 0 amide bonds. The van der Waals surface area contributed by atoms with Crippen LogP contribution in [0.4, 0.5) is 0 Å². The van der Waals surface area contributed by atoms with Gasteiger partial charge in [-0.15, -0.1) is 0 Å². The fourth-order valence-electron chi connectivity index (χ4n) is 0.763. The van der Waals surface area contributed by atoms with E-state index >= 15 is 0 Å². The quantitative estimate of drug-likeness (QED) is 0.502. The zero-order valence-electron chi connectivity index (χ0n) is 6.58. The molecule has 0 saturated carbocycles. The highest BCUT2D eigenvalue weighted by Gasteiger charge is 2.07. The topological polar surface area (TPSA) is 98.2 Å². The Morgan fingerprint density at radius 1 is 1.55 bits per heavy atom. The second kappa shape index (κ2) is 4.66. The van der Waals surface area contributed by atoms with Crippen LogP contribution in [0.1, 0.15) is 19.8 Å². The van der Waals surface area contributed by atoms with Crippen molar-refractivity contribution in [3.8, 4) is 0 Å². The molecule has 0 heterocycles. The van der Waals surface area contributed by atoms with Crippen molar-refractivity contribution in [1.29, 1.82) is 0 Å². The molecule has 0 aliphatic carbocycles. The molecule has 5 N–H and O–H groups in total. The van der Waals surface area contributed by atoms with Crippen molar-refractivity contribution in [3.05, 3.63) is 0 Å². The van der Waals surface area contributed by atoms with Crippen LogP contribution in [-0.4, -0.2) is 21.0 Å². The Labute approximate surface area is 67.3 Å². The van der Waals surface area contributed by atoms with Crippen molar-refractivity contribution in [2.24, 2.45) is 10.9 Å². The number of rotatable bonds is 5. The van der Waals surface area contributed by atoms with Crippen LogP contribution >= 0.6 is 0 Å². The third-order valence-electron chi connectivity index (χ3n) is 1.21. The van der Waals surface area contributed by atoms with Gasteiger partial charge in [0.05, 0.1) is 0 Å². The predicted octanol–water partition coefficient (Wildman–Crippen LogP) is -1.09. The van der Waals surface area contributed by atoms with Crippen molar-refractivity contribution in [2.45, 2.75) is 25.8 Å². The molecule has 0 saturated heterocycles. The molecule has 0 aromatic carbocycles. The van der Waals surface area contributed by atoms with E-state index in [0.717, 1.165) is 6.42 Å². The standard InChI is InChI=1S/C5H15N3O2S/c1-5(3-2-4-6)8-11(7,9)10/h5,8H,2-4,6H2,1H3,(H2,7,9,10). The maximum Gasteiger partial charge on any atom is 0.274 e. The smallest absolute Gasteiger partial charge is 0.274 e. The van der Waals surface area contributed by atoms with Gasteiger partial charge in [0.1, 0.15) is 0 Å². The Kier molecular flexibility index (Phi) is 4.58. The van der Waals surface area contributed by atoms with Crippen LogP contribution in [0.2, 0.25) is 0 Å². The number of hydrogen-bond donors (Lipinski definition) is 3. The summed E-state index contributed by atoms with van der Waals surface area (Å²) in [6.07, 6.45) is 1.51.